The fourth-order valence-electron chi connectivity index (χ4n) is 2.11. The van der Waals surface area contributed by atoms with E-state index in [1.807, 2.05) is 19.1 Å². The van der Waals surface area contributed by atoms with Crippen LogP contribution in [-0.2, 0) is 0 Å². The summed E-state index contributed by atoms with van der Waals surface area (Å²) in [7, 11) is 0. The van der Waals surface area contributed by atoms with Gasteiger partial charge in [0.2, 0.25) is 11.7 Å². The van der Waals surface area contributed by atoms with E-state index in [9.17, 15) is 0 Å². The van der Waals surface area contributed by atoms with E-state index in [4.69, 9.17) is 10.3 Å². The molecule has 0 aliphatic carbocycles. The Morgan fingerprint density at radius 3 is 2.39 bits per heavy atom. The zero-order chi connectivity index (χ0) is 13.1. The Balaban J connectivity index is 2.30. The van der Waals surface area contributed by atoms with E-state index in [2.05, 4.69) is 29.0 Å². The summed E-state index contributed by atoms with van der Waals surface area (Å²) in [4.78, 5) is 8.40. The summed E-state index contributed by atoms with van der Waals surface area (Å²) in [5.74, 6) is 1.62. The van der Waals surface area contributed by atoms with E-state index in [0.717, 1.165) is 5.56 Å². The number of pyridine rings is 1. The van der Waals surface area contributed by atoms with Crippen molar-refractivity contribution in [2.45, 2.75) is 32.7 Å². The normalized spacial score (nSPS) is 14.7. The van der Waals surface area contributed by atoms with Crippen LogP contribution in [0, 0.1) is 5.92 Å². The van der Waals surface area contributed by atoms with Gasteiger partial charge in [-0.3, -0.25) is 4.98 Å². The molecule has 0 saturated heterocycles. The Morgan fingerprint density at radius 2 is 1.83 bits per heavy atom. The molecule has 2 atom stereocenters. The molecule has 0 bridgehead atoms. The molecule has 0 amide bonds. The second kappa shape index (κ2) is 5.27. The Bertz CT molecular complexity index is 485. The number of nitrogens with two attached hydrogens (primary N) is 1. The average molecular weight is 246 g/mol. The molecular formula is C13H18N4O. The molecule has 18 heavy (non-hydrogen) atoms. The first-order chi connectivity index (χ1) is 8.59. The third-order valence-corrected chi connectivity index (χ3v) is 2.95. The SMILES string of the molecule is CC(C)C(c1nc(-c2ccncc2)no1)C(C)N. The highest BCUT2D eigenvalue weighted by atomic mass is 16.5. The van der Waals surface area contributed by atoms with Crippen molar-refractivity contribution >= 4 is 0 Å². The lowest BCUT2D eigenvalue weighted by Crippen LogP contribution is -2.28. The van der Waals surface area contributed by atoms with Crippen LogP contribution in [0.1, 0.15) is 32.6 Å². The van der Waals surface area contributed by atoms with E-state index in [1.165, 1.54) is 0 Å². The molecular weight excluding hydrogens is 228 g/mol. The summed E-state index contributed by atoms with van der Waals surface area (Å²) in [5.41, 5.74) is 6.88. The van der Waals surface area contributed by atoms with Crippen molar-refractivity contribution in [2.24, 2.45) is 11.7 Å². The molecule has 5 heteroatoms. The van der Waals surface area contributed by atoms with Crippen LogP contribution in [0.5, 0.6) is 0 Å². The minimum atomic E-state index is -0.0178. The topological polar surface area (TPSA) is 77.8 Å². The van der Waals surface area contributed by atoms with Crippen LogP contribution < -0.4 is 5.73 Å². The highest BCUT2D eigenvalue weighted by Gasteiger charge is 2.26. The van der Waals surface area contributed by atoms with Gasteiger partial charge in [-0.15, -0.1) is 0 Å². The van der Waals surface area contributed by atoms with E-state index in [1.54, 1.807) is 12.4 Å². The third-order valence-electron chi connectivity index (χ3n) is 2.95. The second-order valence-corrected chi connectivity index (χ2v) is 4.82. The van der Waals surface area contributed by atoms with Gasteiger partial charge in [0.05, 0.1) is 5.92 Å². The summed E-state index contributed by atoms with van der Waals surface area (Å²) >= 11 is 0. The van der Waals surface area contributed by atoms with Gasteiger partial charge in [-0.2, -0.15) is 4.98 Å². The van der Waals surface area contributed by atoms with Gasteiger partial charge >= 0.3 is 0 Å². The maximum Gasteiger partial charge on any atom is 0.231 e. The summed E-state index contributed by atoms with van der Waals surface area (Å²) < 4.78 is 5.34. The molecule has 0 aromatic carbocycles. The van der Waals surface area contributed by atoms with Gasteiger partial charge < -0.3 is 10.3 Å². The predicted molar refractivity (Wildman–Crippen MR) is 68.8 cm³/mol. The summed E-state index contributed by atoms with van der Waals surface area (Å²) in [6.45, 7) is 6.16. The monoisotopic (exact) mass is 246 g/mol. The molecule has 0 saturated carbocycles. The van der Waals surface area contributed by atoms with Gasteiger partial charge in [0, 0.05) is 24.0 Å². The largest absolute Gasteiger partial charge is 0.339 e. The highest BCUT2D eigenvalue weighted by Crippen LogP contribution is 2.27. The van der Waals surface area contributed by atoms with Crippen LogP contribution in [0.2, 0.25) is 0 Å². The zero-order valence-electron chi connectivity index (χ0n) is 10.9. The molecule has 5 nitrogen and oxygen atoms in total. The highest BCUT2D eigenvalue weighted by molar-refractivity contribution is 5.52. The van der Waals surface area contributed by atoms with Crippen molar-refractivity contribution in [1.82, 2.24) is 15.1 Å². The fraction of sp³-hybridized carbons (Fsp3) is 0.462. The van der Waals surface area contributed by atoms with Crippen LogP contribution in [0.25, 0.3) is 11.4 Å². The molecule has 2 rings (SSSR count). The number of hydrogen-bond donors (Lipinski definition) is 1. The van der Waals surface area contributed by atoms with Crippen molar-refractivity contribution < 1.29 is 4.52 Å². The first-order valence-corrected chi connectivity index (χ1v) is 6.09. The Hall–Kier alpha value is -1.75. The number of aromatic nitrogens is 3. The lowest BCUT2D eigenvalue weighted by atomic mass is 9.90. The lowest BCUT2D eigenvalue weighted by molar-refractivity contribution is 0.300. The molecule has 0 spiro atoms. The standard InChI is InChI=1S/C13H18N4O/c1-8(2)11(9(3)14)13-16-12(17-18-13)10-4-6-15-7-5-10/h4-9,11H,14H2,1-3H3. The van der Waals surface area contributed by atoms with Crippen molar-refractivity contribution in [3.8, 4) is 11.4 Å². The second-order valence-electron chi connectivity index (χ2n) is 4.82. The van der Waals surface area contributed by atoms with E-state index >= 15 is 0 Å². The third kappa shape index (κ3) is 2.56. The molecule has 0 aliphatic rings. The van der Waals surface area contributed by atoms with Crippen molar-refractivity contribution in [1.29, 1.82) is 0 Å². The van der Waals surface area contributed by atoms with Gasteiger partial charge in [-0.05, 0) is 25.0 Å². The van der Waals surface area contributed by atoms with Crippen LogP contribution in [0.15, 0.2) is 29.0 Å². The van der Waals surface area contributed by atoms with Crippen LogP contribution in [0.4, 0.5) is 0 Å². The van der Waals surface area contributed by atoms with Gasteiger partial charge in [0.15, 0.2) is 0 Å². The first kappa shape index (κ1) is 12.7. The van der Waals surface area contributed by atoms with E-state index < -0.39 is 0 Å². The minimum Gasteiger partial charge on any atom is -0.339 e. The van der Waals surface area contributed by atoms with Crippen molar-refractivity contribution in [2.75, 3.05) is 0 Å². The Kier molecular flexibility index (Phi) is 3.72. The van der Waals surface area contributed by atoms with Gasteiger partial charge in [0.1, 0.15) is 0 Å². The van der Waals surface area contributed by atoms with Gasteiger partial charge in [0.25, 0.3) is 0 Å². The smallest absolute Gasteiger partial charge is 0.231 e. The molecule has 2 unspecified atom stereocenters. The number of hydrogen-bond acceptors (Lipinski definition) is 5. The predicted octanol–water partition coefficient (Wildman–Crippen LogP) is 2.22. The van der Waals surface area contributed by atoms with Gasteiger partial charge in [-0.1, -0.05) is 19.0 Å². The molecule has 0 fully saturated rings. The molecule has 2 heterocycles. The van der Waals surface area contributed by atoms with Crippen molar-refractivity contribution in [3.05, 3.63) is 30.4 Å². The number of nitrogens with zero attached hydrogens (tertiary/aromatic N) is 3. The average Bonchev–Trinajstić information content (AvgIpc) is 2.78. The fourth-order valence-corrected chi connectivity index (χ4v) is 2.11. The summed E-state index contributed by atoms with van der Waals surface area (Å²) in [5, 5.41) is 4.00. The molecule has 2 N–H and O–H groups in total. The van der Waals surface area contributed by atoms with Crippen LogP contribution >= 0.6 is 0 Å². The van der Waals surface area contributed by atoms with E-state index in [0.29, 0.717) is 17.6 Å². The van der Waals surface area contributed by atoms with Gasteiger partial charge in [-0.25, -0.2) is 0 Å². The quantitative estimate of drug-likeness (QED) is 0.894. The molecule has 2 aromatic heterocycles. The Labute approximate surface area is 106 Å². The zero-order valence-corrected chi connectivity index (χ0v) is 10.9. The van der Waals surface area contributed by atoms with Crippen LogP contribution in [0.3, 0.4) is 0 Å². The molecule has 0 aliphatic heterocycles. The number of rotatable bonds is 4. The summed E-state index contributed by atoms with van der Waals surface area (Å²) in [6.07, 6.45) is 3.41. The minimum absolute atomic E-state index is 0.0178. The molecule has 2 aromatic rings. The maximum atomic E-state index is 5.98. The lowest BCUT2D eigenvalue weighted by Gasteiger charge is -2.20. The van der Waals surface area contributed by atoms with Crippen LogP contribution in [-0.4, -0.2) is 21.2 Å². The molecule has 0 radical (unpaired) electrons. The first-order valence-electron chi connectivity index (χ1n) is 6.09. The molecule has 96 valence electrons. The summed E-state index contributed by atoms with van der Waals surface area (Å²) in [6, 6.07) is 3.69. The van der Waals surface area contributed by atoms with E-state index in [-0.39, 0.29) is 12.0 Å². The van der Waals surface area contributed by atoms with Crippen molar-refractivity contribution in [3.63, 3.8) is 0 Å². The maximum absolute atomic E-state index is 5.98. The Morgan fingerprint density at radius 1 is 1.17 bits per heavy atom.